The van der Waals surface area contributed by atoms with Crippen molar-refractivity contribution in [1.29, 1.82) is 0 Å². The van der Waals surface area contributed by atoms with Crippen LogP contribution >= 0.6 is 0 Å². The van der Waals surface area contributed by atoms with E-state index in [9.17, 15) is 0 Å². The van der Waals surface area contributed by atoms with Crippen molar-refractivity contribution in [3.05, 3.63) is 42.7 Å². The third-order valence-corrected chi connectivity index (χ3v) is 2.74. The first-order chi connectivity index (χ1) is 7.93. The maximum Gasteiger partial charge on any atom is 0.225 e. The van der Waals surface area contributed by atoms with Crippen LogP contribution < -0.4 is 4.90 Å². The molecule has 0 spiro atoms. The Morgan fingerprint density at radius 1 is 1.06 bits per heavy atom. The van der Waals surface area contributed by atoms with Crippen LogP contribution in [-0.4, -0.2) is 33.0 Å². The van der Waals surface area contributed by atoms with Crippen LogP contribution in [-0.2, 0) is 0 Å². The first-order valence-corrected chi connectivity index (χ1v) is 5.21. The van der Waals surface area contributed by atoms with Gasteiger partial charge in [0.2, 0.25) is 5.95 Å². The van der Waals surface area contributed by atoms with Gasteiger partial charge in [-0.3, -0.25) is 0 Å². The summed E-state index contributed by atoms with van der Waals surface area (Å²) in [5.41, 5.74) is 1.10. The zero-order valence-electron chi connectivity index (χ0n) is 8.69. The molecule has 5 heteroatoms. The third-order valence-electron chi connectivity index (χ3n) is 2.74. The highest BCUT2D eigenvalue weighted by Crippen LogP contribution is 2.27. The molecule has 1 fully saturated rings. The van der Waals surface area contributed by atoms with Crippen molar-refractivity contribution in [1.82, 2.24) is 19.9 Å². The molecule has 0 radical (unpaired) electrons. The summed E-state index contributed by atoms with van der Waals surface area (Å²) in [7, 11) is 0. The van der Waals surface area contributed by atoms with Gasteiger partial charge in [-0.25, -0.2) is 19.9 Å². The monoisotopic (exact) mass is 213 g/mol. The lowest BCUT2D eigenvalue weighted by atomic mass is 9.97. The lowest BCUT2D eigenvalue weighted by molar-refractivity contribution is 0.502. The van der Waals surface area contributed by atoms with Gasteiger partial charge in [-0.15, -0.1) is 0 Å². The van der Waals surface area contributed by atoms with E-state index in [1.807, 2.05) is 12.1 Å². The van der Waals surface area contributed by atoms with Crippen molar-refractivity contribution in [3.8, 4) is 0 Å². The maximum atomic E-state index is 4.25. The first kappa shape index (κ1) is 9.21. The number of rotatable bonds is 2. The molecule has 3 rings (SSSR count). The topological polar surface area (TPSA) is 54.8 Å². The summed E-state index contributed by atoms with van der Waals surface area (Å²) in [5, 5.41) is 0. The molecule has 1 saturated heterocycles. The van der Waals surface area contributed by atoms with Crippen LogP contribution in [0.4, 0.5) is 5.95 Å². The summed E-state index contributed by atoms with van der Waals surface area (Å²) in [6, 6.07) is 3.79. The molecule has 0 aromatic carbocycles. The lowest BCUT2D eigenvalue weighted by Crippen LogP contribution is -2.46. The zero-order chi connectivity index (χ0) is 10.8. The van der Waals surface area contributed by atoms with Crippen LogP contribution in [0.1, 0.15) is 11.6 Å². The molecule has 0 atom stereocenters. The van der Waals surface area contributed by atoms with Gasteiger partial charge in [0, 0.05) is 37.6 Å². The fourth-order valence-electron chi connectivity index (χ4n) is 1.83. The van der Waals surface area contributed by atoms with E-state index >= 15 is 0 Å². The van der Waals surface area contributed by atoms with Crippen LogP contribution in [0.2, 0.25) is 0 Å². The molecule has 0 amide bonds. The third kappa shape index (κ3) is 1.60. The van der Waals surface area contributed by atoms with Crippen molar-refractivity contribution in [2.24, 2.45) is 0 Å². The Morgan fingerprint density at radius 3 is 2.56 bits per heavy atom. The van der Waals surface area contributed by atoms with Gasteiger partial charge in [0.15, 0.2) is 0 Å². The Hall–Kier alpha value is -2.04. The predicted molar refractivity (Wildman–Crippen MR) is 59.0 cm³/mol. The van der Waals surface area contributed by atoms with Crippen molar-refractivity contribution >= 4 is 5.95 Å². The van der Waals surface area contributed by atoms with E-state index in [0.717, 1.165) is 24.7 Å². The highest BCUT2D eigenvalue weighted by Gasteiger charge is 2.30. The van der Waals surface area contributed by atoms with Gasteiger partial charge in [-0.2, -0.15) is 0 Å². The van der Waals surface area contributed by atoms with E-state index in [2.05, 4.69) is 24.8 Å². The average Bonchev–Trinajstić information content (AvgIpc) is 2.30. The number of anilines is 1. The van der Waals surface area contributed by atoms with Crippen molar-refractivity contribution in [2.75, 3.05) is 18.0 Å². The minimum absolute atomic E-state index is 0.479. The van der Waals surface area contributed by atoms with Gasteiger partial charge in [-0.1, -0.05) is 0 Å². The molecular weight excluding hydrogens is 202 g/mol. The summed E-state index contributed by atoms with van der Waals surface area (Å²) in [6.45, 7) is 1.86. The summed E-state index contributed by atoms with van der Waals surface area (Å²) in [5.74, 6) is 1.28. The standard InChI is InChI=1S/C11H11N5/c1-3-13-11(14-4-1)16-6-9(7-16)10-2-5-12-8-15-10/h1-5,8-9H,6-7H2. The summed E-state index contributed by atoms with van der Waals surface area (Å²) >= 11 is 0. The van der Waals surface area contributed by atoms with Crippen molar-refractivity contribution in [3.63, 3.8) is 0 Å². The molecule has 80 valence electrons. The molecule has 2 aromatic rings. The molecule has 0 unspecified atom stereocenters. The van der Waals surface area contributed by atoms with E-state index in [1.165, 1.54) is 0 Å². The van der Waals surface area contributed by atoms with Gasteiger partial charge in [0.1, 0.15) is 6.33 Å². The molecule has 0 N–H and O–H groups in total. The second kappa shape index (κ2) is 3.84. The van der Waals surface area contributed by atoms with Gasteiger partial charge in [0.05, 0.1) is 5.69 Å². The van der Waals surface area contributed by atoms with E-state index < -0.39 is 0 Å². The van der Waals surface area contributed by atoms with Gasteiger partial charge in [-0.05, 0) is 12.1 Å². The minimum atomic E-state index is 0.479. The molecule has 0 saturated carbocycles. The minimum Gasteiger partial charge on any atom is -0.339 e. The van der Waals surface area contributed by atoms with E-state index in [1.54, 1.807) is 24.9 Å². The van der Waals surface area contributed by atoms with Gasteiger partial charge in [0.25, 0.3) is 0 Å². The molecule has 1 aliphatic rings. The highest BCUT2D eigenvalue weighted by molar-refractivity contribution is 5.37. The fourth-order valence-corrected chi connectivity index (χ4v) is 1.83. The molecule has 5 nitrogen and oxygen atoms in total. The number of aromatic nitrogens is 4. The first-order valence-electron chi connectivity index (χ1n) is 5.21. The maximum absolute atomic E-state index is 4.25. The van der Waals surface area contributed by atoms with Crippen molar-refractivity contribution < 1.29 is 0 Å². The smallest absolute Gasteiger partial charge is 0.225 e. The van der Waals surface area contributed by atoms with Crippen LogP contribution in [0.5, 0.6) is 0 Å². The van der Waals surface area contributed by atoms with Crippen LogP contribution in [0.3, 0.4) is 0 Å². The Bertz CT molecular complexity index is 409. The van der Waals surface area contributed by atoms with E-state index in [4.69, 9.17) is 0 Å². The SMILES string of the molecule is c1cnc(N2CC(c3ccncn3)C2)nc1. The number of hydrogen-bond donors (Lipinski definition) is 0. The van der Waals surface area contributed by atoms with E-state index in [0.29, 0.717) is 5.92 Å². The van der Waals surface area contributed by atoms with Gasteiger partial charge >= 0.3 is 0 Å². The highest BCUT2D eigenvalue weighted by atomic mass is 15.3. The lowest BCUT2D eigenvalue weighted by Gasteiger charge is -2.38. The normalized spacial score (nSPS) is 15.9. The number of nitrogens with zero attached hydrogens (tertiary/aromatic N) is 5. The summed E-state index contributed by atoms with van der Waals surface area (Å²) < 4.78 is 0. The largest absolute Gasteiger partial charge is 0.339 e. The number of hydrogen-bond acceptors (Lipinski definition) is 5. The van der Waals surface area contributed by atoms with E-state index in [-0.39, 0.29) is 0 Å². The Balaban J connectivity index is 1.68. The second-order valence-electron chi connectivity index (χ2n) is 3.78. The Kier molecular flexibility index (Phi) is 2.21. The quantitative estimate of drug-likeness (QED) is 0.741. The average molecular weight is 213 g/mol. The zero-order valence-corrected chi connectivity index (χ0v) is 8.69. The molecule has 0 bridgehead atoms. The fraction of sp³-hybridized carbons (Fsp3) is 0.273. The molecule has 16 heavy (non-hydrogen) atoms. The Morgan fingerprint density at radius 2 is 1.88 bits per heavy atom. The van der Waals surface area contributed by atoms with Gasteiger partial charge < -0.3 is 4.90 Å². The molecule has 0 aliphatic carbocycles. The second-order valence-corrected chi connectivity index (χ2v) is 3.78. The molecular formula is C11H11N5. The Labute approximate surface area is 93.2 Å². The van der Waals surface area contributed by atoms with Crippen LogP contribution in [0, 0.1) is 0 Å². The predicted octanol–water partition coefficient (Wildman–Crippen LogP) is 0.870. The molecule has 3 heterocycles. The summed E-state index contributed by atoms with van der Waals surface area (Å²) in [4.78, 5) is 18.7. The van der Waals surface area contributed by atoms with Crippen LogP contribution in [0.25, 0.3) is 0 Å². The molecule has 1 aliphatic heterocycles. The van der Waals surface area contributed by atoms with Crippen molar-refractivity contribution in [2.45, 2.75) is 5.92 Å². The van der Waals surface area contributed by atoms with Crippen LogP contribution in [0.15, 0.2) is 37.1 Å². The molecule has 2 aromatic heterocycles. The summed E-state index contributed by atoms with van der Waals surface area (Å²) in [6.07, 6.45) is 6.90.